The molecule has 3 atom stereocenters. The fraction of sp³-hybridized carbons (Fsp3) is 0.562. The standard InChI is InChI=1S/C16H25N3O2/c1-11-14(12(2)18-17-11)9-10-19(3)15(16(20)21)13-7-5-4-6-8-13/h4-8,11-12,14-15,17-18H,9-10H2,1-3H3,(H,20,21). The van der Waals surface area contributed by atoms with Crippen molar-refractivity contribution in [2.75, 3.05) is 13.6 Å². The zero-order valence-electron chi connectivity index (χ0n) is 12.9. The lowest BCUT2D eigenvalue weighted by Gasteiger charge is -2.27. The minimum Gasteiger partial charge on any atom is -0.480 e. The maximum atomic E-state index is 11.6. The Balaban J connectivity index is 2.00. The molecule has 21 heavy (non-hydrogen) atoms. The predicted molar refractivity (Wildman–Crippen MR) is 82.8 cm³/mol. The lowest BCUT2D eigenvalue weighted by molar-refractivity contribution is -0.143. The molecule has 2 rings (SSSR count). The Morgan fingerprint density at radius 2 is 1.81 bits per heavy atom. The molecule has 0 bridgehead atoms. The predicted octanol–water partition coefficient (Wildman–Crippen LogP) is 1.64. The van der Waals surface area contributed by atoms with E-state index < -0.39 is 12.0 Å². The molecule has 0 saturated carbocycles. The van der Waals surface area contributed by atoms with Crippen molar-refractivity contribution in [3.8, 4) is 0 Å². The molecule has 1 aromatic rings. The van der Waals surface area contributed by atoms with E-state index in [9.17, 15) is 9.90 Å². The topological polar surface area (TPSA) is 64.6 Å². The molecule has 0 spiro atoms. The highest BCUT2D eigenvalue weighted by Crippen LogP contribution is 2.23. The van der Waals surface area contributed by atoms with Gasteiger partial charge in [0, 0.05) is 12.1 Å². The fourth-order valence-corrected chi connectivity index (χ4v) is 3.11. The first-order valence-corrected chi connectivity index (χ1v) is 7.49. The summed E-state index contributed by atoms with van der Waals surface area (Å²) < 4.78 is 0. The molecule has 116 valence electrons. The van der Waals surface area contributed by atoms with Crippen LogP contribution in [0.15, 0.2) is 30.3 Å². The molecule has 1 aliphatic heterocycles. The van der Waals surface area contributed by atoms with Gasteiger partial charge in [0.2, 0.25) is 0 Å². The number of nitrogens with zero attached hydrogens (tertiary/aromatic N) is 1. The van der Waals surface area contributed by atoms with Crippen LogP contribution in [0.1, 0.15) is 31.9 Å². The van der Waals surface area contributed by atoms with Crippen molar-refractivity contribution in [2.45, 2.75) is 38.4 Å². The van der Waals surface area contributed by atoms with Crippen molar-refractivity contribution in [1.29, 1.82) is 0 Å². The van der Waals surface area contributed by atoms with Gasteiger partial charge in [0.15, 0.2) is 0 Å². The number of hydrazine groups is 1. The van der Waals surface area contributed by atoms with Gasteiger partial charge in [-0.15, -0.1) is 0 Å². The molecule has 5 heteroatoms. The van der Waals surface area contributed by atoms with Gasteiger partial charge in [-0.05, 0) is 45.3 Å². The normalized spacial score (nSPS) is 27.0. The Labute approximate surface area is 126 Å². The number of carbonyl (C=O) groups is 1. The SMILES string of the molecule is CC1NNC(C)C1CCN(C)C(C(=O)O)c1ccccc1. The number of likely N-dealkylation sites (N-methyl/N-ethyl adjacent to an activating group) is 1. The van der Waals surface area contributed by atoms with Gasteiger partial charge >= 0.3 is 5.97 Å². The number of carboxylic acid groups (broad SMARTS) is 1. The minimum atomic E-state index is -0.799. The van der Waals surface area contributed by atoms with Crippen molar-refractivity contribution in [3.63, 3.8) is 0 Å². The zero-order chi connectivity index (χ0) is 15.4. The van der Waals surface area contributed by atoms with Gasteiger partial charge in [-0.3, -0.25) is 20.5 Å². The second kappa shape index (κ2) is 7.02. The molecule has 5 nitrogen and oxygen atoms in total. The molecule has 0 aromatic heterocycles. The molecular formula is C16H25N3O2. The van der Waals surface area contributed by atoms with Crippen LogP contribution in [0.3, 0.4) is 0 Å². The summed E-state index contributed by atoms with van der Waals surface area (Å²) in [5.41, 5.74) is 7.31. The Kier molecular flexibility index (Phi) is 5.33. The quantitative estimate of drug-likeness (QED) is 0.743. The van der Waals surface area contributed by atoms with Crippen LogP contribution in [0.2, 0.25) is 0 Å². The van der Waals surface area contributed by atoms with E-state index in [-0.39, 0.29) is 0 Å². The summed E-state index contributed by atoms with van der Waals surface area (Å²) in [6, 6.07) is 9.66. The maximum absolute atomic E-state index is 11.6. The highest BCUT2D eigenvalue weighted by atomic mass is 16.4. The molecule has 0 aliphatic carbocycles. The van der Waals surface area contributed by atoms with Crippen molar-refractivity contribution in [2.24, 2.45) is 5.92 Å². The molecule has 1 fully saturated rings. The maximum Gasteiger partial charge on any atom is 0.325 e. The number of nitrogens with one attached hydrogen (secondary N) is 2. The minimum absolute atomic E-state index is 0.411. The van der Waals surface area contributed by atoms with Crippen molar-refractivity contribution >= 4 is 5.97 Å². The highest BCUT2D eigenvalue weighted by molar-refractivity contribution is 5.75. The van der Waals surface area contributed by atoms with E-state index in [4.69, 9.17) is 0 Å². The first-order chi connectivity index (χ1) is 10.0. The average molecular weight is 291 g/mol. The Bertz CT molecular complexity index is 456. The van der Waals surface area contributed by atoms with E-state index >= 15 is 0 Å². The van der Waals surface area contributed by atoms with E-state index in [1.807, 2.05) is 42.3 Å². The molecule has 1 aliphatic rings. The number of hydrogen-bond donors (Lipinski definition) is 3. The summed E-state index contributed by atoms with van der Waals surface area (Å²) in [6.45, 7) is 5.08. The lowest BCUT2D eigenvalue weighted by Crippen LogP contribution is -2.34. The van der Waals surface area contributed by atoms with Crippen LogP contribution in [0, 0.1) is 5.92 Å². The van der Waals surface area contributed by atoms with E-state index in [1.165, 1.54) is 0 Å². The van der Waals surface area contributed by atoms with Crippen molar-refractivity contribution in [1.82, 2.24) is 15.8 Å². The van der Waals surface area contributed by atoms with Gasteiger partial charge < -0.3 is 5.11 Å². The zero-order valence-corrected chi connectivity index (χ0v) is 12.9. The fourth-order valence-electron chi connectivity index (χ4n) is 3.11. The third-order valence-corrected chi connectivity index (χ3v) is 4.43. The summed E-state index contributed by atoms with van der Waals surface area (Å²) in [5.74, 6) is -0.287. The smallest absolute Gasteiger partial charge is 0.325 e. The van der Waals surface area contributed by atoms with E-state index in [0.29, 0.717) is 18.0 Å². The monoisotopic (exact) mass is 291 g/mol. The molecule has 1 aromatic carbocycles. The van der Waals surface area contributed by atoms with Gasteiger partial charge in [-0.25, -0.2) is 0 Å². The molecule has 1 saturated heterocycles. The third kappa shape index (κ3) is 3.81. The second-order valence-electron chi connectivity index (χ2n) is 5.95. The summed E-state index contributed by atoms with van der Waals surface area (Å²) in [6.07, 6.45) is 0.968. The van der Waals surface area contributed by atoms with Gasteiger partial charge in [-0.2, -0.15) is 0 Å². The first kappa shape index (κ1) is 15.9. The molecular weight excluding hydrogens is 266 g/mol. The van der Waals surface area contributed by atoms with Crippen LogP contribution < -0.4 is 10.9 Å². The van der Waals surface area contributed by atoms with Crippen molar-refractivity contribution in [3.05, 3.63) is 35.9 Å². The molecule has 3 unspecified atom stereocenters. The van der Waals surface area contributed by atoms with Gasteiger partial charge in [0.25, 0.3) is 0 Å². The Morgan fingerprint density at radius 1 is 1.24 bits per heavy atom. The van der Waals surface area contributed by atoms with Gasteiger partial charge in [0.1, 0.15) is 6.04 Å². The Morgan fingerprint density at radius 3 is 2.33 bits per heavy atom. The van der Waals surface area contributed by atoms with E-state index in [1.54, 1.807) is 0 Å². The van der Waals surface area contributed by atoms with Crippen LogP contribution in [0.4, 0.5) is 0 Å². The third-order valence-electron chi connectivity index (χ3n) is 4.43. The number of rotatable bonds is 6. The van der Waals surface area contributed by atoms with Crippen LogP contribution in [0.5, 0.6) is 0 Å². The first-order valence-electron chi connectivity index (χ1n) is 7.49. The van der Waals surface area contributed by atoms with Crippen LogP contribution in [0.25, 0.3) is 0 Å². The van der Waals surface area contributed by atoms with Gasteiger partial charge in [0.05, 0.1) is 0 Å². The van der Waals surface area contributed by atoms with Crippen LogP contribution in [-0.4, -0.2) is 41.7 Å². The molecule has 1 heterocycles. The van der Waals surface area contributed by atoms with E-state index in [0.717, 1.165) is 18.5 Å². The summed E-state index contributed by atoms with van der Waals surface area (Å²) in [7, 11) is 1.89. The number of aliphatic carboxylic acids is 1. The van der Waals surface area contributed by atoms with Crippen LogP contribution in [-0.2, 0) is 4.79 Å². The highest BCUT2D eigenvalue weighted by Gasteiger charge is 2.31. The summed E-state index contributed by atoms with van der Waals surface area (Å²) in [4.78, 5) is 13.5. The Hall–Kier alpha value is -1.43. The molecule has 3 N–H and O–H groups in total. The summed E-state index contributed by atoms with van der Waals surface area (Å²) >= 11 is 0. The van der Waals surface area contributed by atoms with Gasteiger partial charge in [-0.1, -0.05) is 30.3 Å². The number of benzene rings is 1. The van der Waals surface area contributed by atoms with Crippen molar-refractivity contribution < 1.29 is 9.90 Å². The molecule has 0 amide bonds. The second-order valence-corrected chi connectivity index (χ2v) is 5.95. The largest absolute Gasteiger partial charge is 0.480 e. The average Bonchev–Trinajstić information content (AvgIpc) is 2.77. The summed E-state index contributed by atoms with van der Waals surface area (Å²) in [5, 5.41) is 9.53. The van der Waals surface area contributed by atoms with Crippen LogP contribution >= 0.6 is 0 Å². The number of hydrogen-bond acceptors (Lipinski definition) is 4. The lowest BCUT2D eigenvalue weighted by atomic mass is 9.92. The number of carboxylic acids is 1. The van der Waals surface area contributed by atoms with E-state index in [2.05, 4.69) is 24.7 Å². The molecule has 0 radical (unpaired) electrons.